The molecule has 5 heteroatoms. The Morgan fingerprint density at radius 1 is 1.44 bits per heavy atom. The van der Waals surface area contributed by atoms with E-state index in [4.69, 9.17) is 15.4 Å². The molecule has 1 aromatic carbocycles. The van der Waals surface area contributed by atoms with Crippen molar-refractivity contribution in [2.75, 3.05) is 0 Å². The van der Waals surface area contributed by atoms with Gasteiger partial charge in [-0.3, -0.25) is 0 Å². The number of rotatable bonds is 3. The quantitative estimate of drug-likeness (QED) is 0.814. The smallest absolute Gasteiger partial charge is 0.358 e. The number of aromatic carboxylic acids is 1. The molecule has 16 heavy (non-hydrogen) atoms. The van der Waals surface area contributed by atoms with Crippen molar-refractivity contribution in [2.24, 2.45) is 5.73 Å². The van der Waals surface area contributed by atoms with Crippen LogP contribution in [0.15, 0.2) is 34.9 Å². The van der Waals surface area contributed by atoms with Crippen molar-refractivity contribution in [1.82, 2.24) is 5.16 Å². The number of nitrogens with zero attached hydrogens (tertiary/aromatic N) is 1. The van der Waals surface area contributed by atoms with E-state index < -0.39 is 5.97 Å². The van der Waals surface area contributed by atoms with Gasteiger partial charge in [0.2, 0.25) is 0 Å². The zero-order valence-electron chi connectivity index (χ0n) is 8.38. The molecular formula is C11H10N2O3. The lowest BCUT2D eigenvalue weighted by molar-refractivity contribution is 0.0686. The Bertz CT molecular complexity index is 519. The third-order valence-corrected chi connectivity index (χ3v) is 2.23. The first-order valence-corrected chi connectivity index (χ1v) is 4.70. The third-order valence-electron chi connectivity index (χ3n) is 2.23. The molecule has 0 aliphatic heterocycles. The Morgan fingerprint density at radius 3 is 2.81 bits per heavy atom. The van der Waals surface area contributed by atoms with Crippen LogP contribution in [0, 0.1) is 0 Å². The van der Waals surface area contributed by atoms with E-state index in [-0.39, 0.29) is 5.69 Å². The summed E-state index contributed by atoms with van der Waals surface area (Å²) in [6, 6.07) is 8.75. The SMILES string of the molecule is NCc1ccccc1-c1cc(C(=O)O)no1. The van der Waals surface area contributed by atoms with E-state index in [0.29, 0.717) is 12.3 Å². The van der Waals surface area contributed by atoms with Gasteiger partial charge in [0.1, 0.15) is 0 Å². The summed E-state index contributed by atoms with van der Waals surface area (Å²) in [5, 5.41) is 12.2. The predicted octanol–water partition coefficient (Wildman–Crippen LogP) is 1.50. The summed E-state index contributed by atoms with van der Waals surface area (Å²) < 4.78 is 4.97. The fourth-order valence-electron chi connectivity index (χ4n) is 1.44. The molecule has 0 atom stereocenters. The first kappa shape index (κ1) is 10.4. The van der Waals surface area contributed by atoms with E-state index in [1.165, 1.54) is 6.07 Å². The van der Waals surface area contributed by atoms with Gasteiger partial charge in [-0.25, -0.2) is 4.79 Å². The molecule has 0 aliphatic carbocycles. The van der Waals surface area contributed by atoms with Crippen LogP contribution in [0.1, 0.15) is 16.1 Å². The summed E-state index contributed by atoms with van der Waals surface area (Å²) in [5.41, 5.74) is 7.12. The Kier molecular flexibility index (Phi) is 2.70. The maximum Gasteiger partial charge on any atom is 0.358 e. The minimum absolute atomic E-state index is 0.109. The van der Waals surface area contributed by atoms with Crippen LogP contribution in [0.3, 0.4) is 0 Å². The van der Waals surface area contributed by atoms with Crippen molar-refractivity contribution in [1.29, 1.82) is 0 Å². The summed E-state index contributed by atoms with van der Waals surface area (Å²) in [6.45, 7) is 0.360. The monoisotopic (exact) mass is 218 g/mol. The first-order valence-electron chi connectivity index (χ1n) is 4.70. The van der Waals surface area contributed by atoms with E-state index in [9.17, 15) is 4.79 Å². The molecule has 2 rings (SSSR count). The lowest BCUT2D eigenvalue weighted by Gasteiger charge is -2.02. The summed E-state index contributed by atoms with van der Waals surface area (Å²) >= 11 is 0. The highest BCUT2D eigenvalue weighted by atomic mass is 16.5. The number of carboxylic acids is 1. The Hall–Kier alpha value is -2.14. The van der Waals surface area contributed by atoms with E-state index in [1.54, 1.807) is 0 Å². The van der Waals surface area contributed by atoms with Crippen molar-refractivity contribution < 1.29 is 14.4 Å². The third kappa shape index (κ3) is 1.80. The maximum atomic E-state index is 10.7. The molecule has 1 heterocycles. The van der Waals surface area contributed by atoms with Gasteiger partial charge in [0.05, 0.1) is 0 Å². The molecule has 0 fully saturated rings. The molecule has 0 amide bonds. The summed E-state index contributed by atoms with van der Waals surface area (Å²) in [4.78, 5) is 10.7. The van der Waals surface area contributed by atoms with Gasteiger partial charge in [0, 0.05) is 18.2 Å². The second-order valence-electron chi connectivity index (χ2n) is 3.24. The van der Waals surface area contributed by atoms with Gasteiger partial charge in [-0.1, -0.05) is 29.4 Å². The molecule has 0 bridgehead atoms. The molecule has 3 N–H and O–H groups in total. The largest absolute Gasteiger partial charge is 0.476 e. The second kappa shape index (κ2) is 4.16. The molecule has 82 valence electrons. The average Bonchev–Trinajstić information content (AvgIpc) is 2.78. The van der Waals surface area contributed by atoms with Gasteiger partial charge in [0.25, 0.3) is 0 Å². The van der Waals surface area contributed by atoms with Crippen LogP contribution in [0.5, 0.6) is 0 Å². The van der Waals surface area contributed by atoms with Crippen LogP contribution in [0.25, 0.3) is 11.3 Å². The molecule has 5 nitrogen and oxygen atoms in total. The van der Waals surface area contributed by atoms with E-state index in [1.807, 2.05) is 24.3 Å². The summed E-state index contributed by atoms with van der Waals surface area (Å²) in [5.74, 6) is -0.696. The molecule has 0 saturated heterocycles. The second-order valence-corrected chi connectivity index (χ2v) is 3.24. The van der Waals surface area contributed by atoms with E-state index in [2.05, 4.69) is 5.16 Å². The van der Waals surface area contributed by atoms with Crippen LogP contribution in [0.2, 0.25) is 0 Å². The number of hydrogen-bond acceptors (Lipinski definition) is 4. The Morgan fingerprint density at radius 2 is 2.19 bits per heavy atom. The molecule has 0 saturated carbocycles. The molecule has 1 aromatic heterocycles. The van der Waals surface area contributed by atoms with Crippen LogP contribution in [-0.2, 0) is 6.54 Å². The molecule has 0 spiro atoms. The Labute approximate surface area is 91.5 Å². The first-order chi connectivity index (χ1) is 7.72. The number of hydrogen-bond donors (Lipinski definition) is 2. The minimum Gasteiger partial charge on any atom is -0.476 e. The summed E-state index contributed by atoms with van der Waals surface area (Å²) in [6.07, 6.45) is 0. The minimum atomic E-state index is -1.11. The maximum absolute atomic E-state index is 10.7. The van der Waals surface area contributed by atoms with E-state index in [0.717, 1.165) is 11.1 Å². The molecule has 0 unspecified atom stereocenters. The normalized spacial score (nSPS) is 10.3. The lowest BCUT2D eigenvalue weighted by atomic mass is 10.1. The van der Waals surface area contributed by atoms with Gasteiger partial charge in [-0.15, -0.1) is 0 Å². The van der Waals surface area contributed by atoms with Crippen LogP contribution in [0.4, 0.5) is 0 Å². The molecular weight excluding hydrogens is 208 g/mol. The highest BCUT2D eigenvalue weighted by Gasteiger charge is 2.13. The zero-order chi connectivity index (χ0) is 11.5. The highest BCUT2D eigenvalue weighted by molar-refractivity contribution is 5.86. The number of carboxylic acid groups (broad SMARTS) is 1. The topological polar surface area (TPSA) is 89.4 Å². The van der Waals surface area contributed by atoms with Gasteiger partial charge in [-0.2, -0.15) is 0 Å². The average molecular weight is 218 g/mol. The molecule has 2 aromatic rings. The van der Waals surface area contributed by atoms with Crippen molar-refractivity contribution in [3.63, 3.8) is 0 Å². The number of nitrogens with two attached hydrogens (primary N) is 1. The lowest BCUT2D eigenvalue weighted by Crippen LogP contribution is -1.98. The highest BCUT2D eigenvalue weighted by Crippen LogP contribution is 2.24. The van der Waals surface area contributed by atoms with Crippen molar-refractivity contribution in [3.05, 3.63) is 41.6 Å². The predicted molar refractivity (Wildman–Crippen MR) is 56.8 cm³/mol. The number of aromatic nitrogens is 1. The number of benzene rings is 1. The fraction of sp³-hybridized carbons (Fsp3) is 0.0909. The van der Waals surface area contributed by atoms with Crippen LogP contribution >= 0.6 is 0 Å². The van der Waals surface area contributed by atoms with Gasteiger partial charge in [0.15, 0.2) is 11.5 Å². The van der Waals surface area contributed by atoms with Gasteiger partial charge >= 0.3 is 5.97 Å². The molecule has 0 aliphatic rings. The van der Waals surface area contributed by atoms with Gasteiger partial charge < -0.3 is 15.4 Å². The molecule has 0 radical (unpaired) electrons. The fourth-order valence-corrected chi connectivity index (χ4v) is 1.44. The summed E-state index contributed by atoms with van der Waals surface area (Å²) in [7, 11) is 0. The van der Waals surface area contributed by atoms with E-state index >= 15 is 0 Å². The van der Waals surface area contributed by atoms with Crippen molar-refractivity contribution >= 4 is 5.97 Å². The Balaban J connectivity index is 2.46. The number of carbonyl (C=O) groups is 1. The van der Waals surface area contributed by atoms with Crippen molar-refractivity contribution in [3.8, 4) is 11.3 Å². The zero-order valence-corrected chi connectivity index (χ0v) is 8.38. The van der Waals surface area contributed by atoms with Crippen LogP contribution < -0.4 is 5.73 Å². The van der Waals surface area contributed by atoms with Crippen LogP contribution in [-0.4, -0.2) is 16.2 Å². The van der Waals surface area contributed by atoms with Crippen molar-refractivity contribution in [2.45, 2.75) is 6.54 Å². The van der Waals surface area contributed by atoms with Gasteiger partial charge in [-0.05, 0) is 5.56 Å². The standard InChI is InChI=1S/C11H10N2O3/c12-6-7-3-1-2-4-8(7)10-5-9(11(14)15)13-16-10/h1-5H,6,12H2,(H,14,15).